The van der Waals surface area contributed by atoms with Crippen molar-refractivity contribution >= 4 is 5.69 Å². The molecule has 18 heavy (non-hydrogen) atoms. The SMILES string of the molecule is CCCNCc1cnccc1N1CCC(C)(C)C1. The lowest BCUT2D eigenvalue weighted by atomic mass is 9.93. The van der Waals surface area contributed by atoms with Gasteiger partial charge in [-0.3, -0.25) is 4.98 Å². The molecule has 0 unspecified atom stereocenters. The lowest BCUT2D eigenvalue weighted by molar-refractivity contribution is 0.418. The maximum Gasteiger partial charge on any atom is 0.0443 e. The number of rotatable bonds is 5. The summed E-state index contributed by atoms with van der Waals surface area (Å²) in [5, 5.41) is 3.47. The molecule has 0 amide bonds. The average Bonchev–Trinajstić information content (AvgIpc) is 2.71. The van der Waals surface area contributed by atoms with Crippen molar-refractivity contribution in [2.45, 2.75) is 40.2 Å². The van der Waals surface area contributed by atoms with Crippen molar-refractivity contribution in [2.24, 2.45) is 5.41 Å². The second-order valence-corrected chi connectivity index (χ2v) is 6.02. The molecule has 0 bridgehead atoms. The van der Waals surface area contributed by atoms with E-state index in [9.17, 15) is 0 Å². The number of anilines is 1. The van der Waals surface area contributed by atoms with Crippen molar-refractivity contribution < 1.29 is 0 Å². The van der Waals surface area contributed by atoms with Crippen molar-refractivity contribution in [3.05, 3.63) is 24.0 Å². The molecule has 0 aliphatic carbocycles. The number of nitrogens with one attached hydrogen (secondary N) is 1. The molecule has 1 fully saturated rings. The fourth-order valence-corrected chi connectivity index (χ4v) is 2.58. The molecule has 100 valence electrons. The third-order valence-corrected chi connectivity index (χ3v) is 3.64. The standard InChI is InChI=1S/C15H25N3/c1-4-7-16-10-13-11-17-8-5-14(13)18-9-6-15(2,3)12-18/h5,8,11,16H,4,6-7,9-10,12H2,1-3H3. The predicted molar refractivity (Wildman–Crippen MR) is 76.8 cm³/mol. The molecule has 0 radical (unpaired) electrons. The molecular weight excluding hydrogens is 222 g/mol. The lowest BCUT2D eigenvalue weighted by Gasteiger charge is -2.24. The Hall–Kier alpha value is -1.09. The van der Waals surface area contributed by atoms with Crippen LogP contribution in [-0.2, 0) is 6.54 Å². The smallest absolute Gasteiger partial charge is 0.0443 e. The quantitative estimate of drug-likeness (QED) is 0.811. The van der Waals surface area contributed by atoms with E-state index < -0.39 is 0 Å². The Bertz CT molecular complexity index is 387. The fourth-order valence-electron chi connectivity index (χ4n) is 2.58. The Morgan fingerprint density at radius 2 is 2.28 bits per heavy atom. The van der Waals surface area contributed by atoms with E-state index in [0.29, 0.717) is 5.41 Å². The molecule has 0 atom stereocenters. The van der Waals surface area contributed by atoms with E-state index in [1.165, 1.54) is 24.1 Å². The van der Waals surface area contributed by atoms with Crippen molar-refractivity contribution in [1.82, 2.24) is 10.3 Å². The molecule has 1 aliphatic rings. The van der Waals surface area contributed by atoms with Crippen LogP contribution in [0.25, 0.3) is 0 Å². The van der Waals surface area contributed by atoms with Gasteiger partial charge in [0.2, 0.25) is 0 Å². The van der Waals surface area contributed by atoms with Crippen molar-refractivity contribution in [3.63, 3.8) is 0 Å². The number of aromatic nitrogens is 1. The Morgan fingerprint density at radius 1 is 1.44 bits per heavy atom. The zero-order valence-corrected chi connectivity index (χ0v) is 11.9. The minimum atomic E-state index is 0.442. The highest BCUT2D eigenvalue weighted by Gasteiger charge is 2.30. The van der Waals surface area contributed by atoms with Crippen LogP contribution in [0.5, 0.6) is 0 Å². The Balaban J connectivity index is 2.08. The van der Waals surface area contributed by atoms with Crippen LogP contribution in [0.4, 0.5) is 5.69 Å². The Morgan fingerprint density at radius 3 is 2.94 bits per heavy atom. The summed E-state index contributed by atoms with van der Waals surface area (Å²) < 4.78 is 0. The topological polar surface area (TPSA) is 28.2 Å². The van der Waals surface area contributed by atoms with E-state index in [1.807, 2.05) is 12.4 Å². The highest BCUT2D eigenvalue weighted by atomic mass is 15.2. The molecular formula is C15H25N3. The molecule has 1 aliphatic heterocycles. The van der Waals surface area contributed by atoms with Crippen LogP contribution in [0, 0.1) is 5.41 Å². The molecule has 0 saturated carbocycles. The highest BCUT2D eigenvalue weighted by Crippen LogP contribution is 2.33. The van der Waals surface area contributed by atoms with E-state index in [-0.39, 0.29) is 0 Å². The number of nitrogens with zero attached hydrogens (tertiary/aromatic N) is 2. The zero-order chi connectivity index (χ0) is 13.0. The number of hydrogen-bond acceptors (Lipinski definition) is 3. The molecule has 0 aromatic carbocycles. The lowest BCUT2D eigenvalue weighted by Crippen LogP contribution is -2.25. The van der Waals surface area contributed by atoms with E-state index in [4.69, 9.17) is 0 Å². The van der Waals surface area contributed by atoms with Crippen LogP contribution >= 0.6 is 0 Å². The maximum atomic E-state index is 4.27. The van der Waals surface area contributed by atoms with Gasteiger partial charge in [-0.2, -0.15) is 0 Å². The molecule has 1 N–H and O–H groups in total. The van der Waals surface area contributed by atoms with Crippen LogP contribution < -0.4 is 10.2 Å². The summed E-state index contributed by atoms with van der Waals surface area (Å²) >= 11 is 0. The van der Waals surface area contributed by atoms with Crippen molar-refractivity contribution in [3.8, 4) is 0 Å². The van der Waals surface area contributed by atoms with Gasteiger partial charge in [-0.05, 0) is 30.9 Å². The van der Waals surface area contributed by atoms with Crippen LogP contribution in [0.2, 0.25) is 0 Å². The summed E-state index contributed by atoms with van der Waals surface area (Å²) in [4.78, 5) is 6.77. The second kappa shape index (κ2) is 5.70. The summed E-state index contributed by atoms with van der Waals surface area (Å²) in [6.45, 7) is 11.2. The van der Waals surface area contributed by atoms with Gasteiger partial charge in [0.15, 0.2) is 0 Å². The van der Waals surface area contributed by atoms with Crippen LogP contribution in [0.1, 0.15) is 39.2 Å². The first-order valence-corrected chi connectivity index (χ1v) is 7.01. The van der Waals surface area contributed by atoms with Crippen LogP contribution in [-0.4, -0.2) is 24.6 Å². The van der Waals surface area contributed by atoms with Crippen molar-refractivity contribution in [1.29, 1.82) is 0 Å². The van der Waals surface area contributed by atoms with Crippen LogP contribution in [0.15, 0.2) is 18.5 Å². The first-order chi connectivity index (χ1) is 8.62. The first kappa shape index (κ1) is 13.3. The monoisotopic (exact) mass is 247 g/mol. The van der Waals surface area contributed by atoms with E-state index in [1.54, 1.807) is 0 Å². The largest absolute Gasteiger partial charge is 0.371 e. The third kappa shape index (κ3) is 3.22. The van der Waals surface area contributed by atoms with Gasteiger partial charge in [0, 0.05) is 43.3 Å². The normalized spacial score (nSPS) is 18.3. The molecule has 1 aromatic rings. The van der Waals surface area contributed by atoms with Gasteiger partial charge in [-0.15, -0.1) is 0 Å². The number of pyridine rings is 1. The Kier molecular flexibility index (Phi) is 4.23. The summed E-state index contributed by atoms with van der Waals surface area (Å²) in [5.41, 5.74) is 3.13. The molecule has 1 aromatic heterocycles. The second-order valence-electron chi connectivity index (χ2n) is 6.02. The molecule has 3 nitrogen and oxygen atoms in total. The molecule has 2 rings (SSSR count). The highest BCUT2D eigenvalue weighted by molar-refractivity contribution is 5.53. The summed E-state index contributed by atoms with van der Waals surface area (Å²) in [6.07, 6.45) is 6.36. The third-order valence-electron chi connectivity index (χ3n) is 3.64. The molecule has 3 heteroatoms. The van der Waals surface area contributed by atoms with Gasteiger partial charge in [0.1, 0.15) is 0 Å². The van der Waals surface area contributed by atoms with Gasteiger partial charge in [0.05, 0.1) is 0 Å². The number of hydrogen-bond donors (Lipinski definition) is 1. The first-order valence-electron chi connectivity index (χ1n) is 7.01. The average molecular weight is 247 g/mol. The van der Waals surface area contributed by atoms with Gasteiger partial charge >= 0.3 is 0 Å². The minimum Gasteiger partial charge on any atom is -0.371 e. The molecule has 1 saturated heterocycles. The fraction of sp³-hybridized carbons (Fsp3) is 0.667. The molecule has 0 spiro atoms. The van der Waals surface area contributed by atoms with Gasteiger partial charge in [0.25, 0.3) is 0 Å². The van der Waals surface area contributed by atoms with Crippen molar-refractivity contribution in [2.75, 3.05) is 24.5 Å². The summed E-state index contributed by atoms with van der Waals surface area (Å²) in [7, 11) is 0. The Labute approximate surface area is 111 Å². The van der Waals surface area contributed by atoms with Gasteiger partial charge in [-0.1, -0.05) is 20.8 Å². The minimum absolute atomic E-state index is 0.442. The van der Waals surface area contributed by atoms with E-state index in [2.05, 4.69) is 42.0 Å². The van der Waals surface area contributed by atoms with Gasteiger partial charge in [-0.25, -0.2) is 0 Å². The predicted octanol–water partition coefficient (Wildman–Crippen LogP) is 2.82. The maximum absolute atomic E-state index is 4.27. The van der Waals surface area contributed by atoms with E-state index >= 15 is 0 Å². The summed E-state index contributed by atoms with van der Waals surface area (Å²) in [6, 6.07) is 2.16. The molecule has 2 heterocycles. The van der Waals surface area contributed by atoms with E-state index in [0.717, 1.165) is 26.2 Å². The zero-order valence-electron chi connectivity index (χ0n) is 11.9. The van der Waals surface area contributed by atoms with Gasteiger partial charge < -0.3 is 10.2 Å². The van der Waals surface area contributed by atoms with Crippen LogP contribution in [0.3, 0.4) is 0 Å². The summed E-state index contributed by atoms with van der Waals surface area (Å²) in [5.74, 6) is 0.